The van der Waals surface area contributed by atoms with Crippen LogP contribution in [0.2, 0.25) is 5.02 Å². The molecule has 5 nitrogen and oxygen atoms in total. The van der Waals surface area contributed by atoms with Gasteiger partial charge in [0.2, 0.25) is 5.91 Å². The van der Waals surface area contributed by atoms with Crippen LogP contribution in [0.1, 0.15) is 28.2 Å². The Bertz CT molecular complexity index is 1230. The van der Waals surface area contributed by atoms with Crippen molar-refractivity contribution in [2.75, 3.05) is 13.1 Å². The molecule has 2 aliphatic heterocycles. The summed E-state index contributed by atoms with van der Waals surface area (Å²) in [6.45, 7) is 0.857. The molecule has 2 saturated heterocycles. The summed E-state index contributed by atoms with van der Waals surface area (Å²) >= 11 is 7.61. The first-order valence-electron chi connectivity index (χ1n) is 9.52. The van der Waals surface area contributed by atoms with Crippen molar-refractivity contribution in [1.82, 2.24) is 15.2 Å². The van der Waals surface area contributed by atoms with Gasteiger partial charge < -0.3 is 10.2 Å². The van der Waals surface area contributed by atoms with Gasteiger partial charge in [0.1, 0.15) is 4.88 Å². The largest absolute Gasteiger partial charge is 0.433 e. The number of hydrogen-bond acceptors (Lipinski definition) is 4. The number of pyridine rings is 1. The predicted octanol–water partition coefficient (Wildman–Crippen LogP) is 4.74. The average Bonchev–Trinajstić information content (AvgIpc) is 3.26. The lowest BCUT2D eigenvalue weighted by molar-refractivity contribution is -0.140. The number of aromatic nitrogens is 1. The van der Waals surface area contributed by atoms with Gasteiger partial charge in [0.25, 0.3) is 5.91 Å². The Balaban J connectivity index is 1.46. The number of alkyl halides is 3. The number of amides is 2. The molecule has 0 atom stereocenters. The van der Waals surface area contributed by atoms with Crippen LogP contribution in [0.5, 0.6) is 0 Å². The third-order valence-corrected chi connectivity index (χ3v) is 7.37. The van der Waals surface area contributed by atoms with E-state index in [1.54, 1.807) is 23.1 Å². The van der Waals surface area contributed by atoms with E-state index < -0.39 is 11.9 Å². The normalized spacial score (nSPS) is 17.8. The van der Waals surface area contributed by atoms with Gasteiger partial charge in [-0.2, -0.15) is 13.2 Å². The van der Waals surface area contributed by atoms with Crippen molar-refractivity contribution in [3.8, 4) is 11.1 Å². The Hall–Kier alpha value is -2.65. The number of carbonyl (C=O) groups is 2. The van der Waals surface area contributed by atoms with Gasteiger partial charge >= 0.3 is 6.18 Å². The van der Waals surface area contributed by atoms with Crippen LogP contribution in [0.3, 0.4) is 0 Å². The van der Waals surface area contributed by atoms with E-state index in [1.165, 1.54) is 12.1 Å². The van der Waals surface area contributed by atoms with Crippen molar-refractivity contribution in [2.24, 2.45) is 0 Å². The van der Waals surface area contributed by atoms with Gasteiger partial charge in [0, 0.05) is 41.4 Å². The summed E-state index contributed by atoms with van der Waals surface area (Å²) in [5.41, 5.74) is -0.979. The van der Waals surface area contributed by atoms with Gasteiger partial charge in [0.05, 0.1) is 10.6 Å². The SMILES string of the molecule is O=C1CCC2(CN(C(=O)c3sc4cc(-c5cccnc5C(F)(F)F)ccc4c3Cl)C2)N1. The van der Waals surface area contributed by atoms with Crippen LogP contribution < -0.4 is 5.32 Å². The van der Waals surface area contributed by atoms with Gasteiger partial charge in [-0.25, -0.2) is 0 Å². The molecule has 5 rings (SSSR count). The number of nitrogens with zero attached hydrogens (tertiary/aromatic N) is 2. The van der Waals surface area contributed by atoms with Crippen LogP contribution in [0.15, 0.2) is 36.5 Å². The smallest absolute Gasteiger partial charge is 0.347 e. The third-order valence-electron chi connectivity index (χ3n) is 5.72. The van der Waals surface area contributed by atoms with Crippen molar-refractivity contribution in [3.05, 3.63) is 52.1 Å². The van der Waals surface area contributed by atoms with Crippen molar-refractivity contribution in [1.29, 1.82) is 0 Å². The zero-order valence-electron chi connectivity index (χ0n) is 15.9. The molecule has 2 aromatic heterocycles. The number of rotatable bonds is 2. The molecule has 1 N–H and O–H groups in total. The summed E-state index contributed by atoms with van der Waals surface area (Å²) in [6, 6.07) is 7.60. The molecule has 2 fully saturated rings. The summed E-state index contributed by atoms with van der Waals surface area (Å²) < 4.78 is 40.7. The Labute approximate surface area is 183 Å². The third kappa shape index (κ3) is 3.36. The molecular weight excluding hydrogens is 451 g/mol. The molecule has 0 aliphatic carbocycles. The number of halogens is 4. The molecule has 160 valence electrons. The molecule has 0 saturated carbocycles. The molecule has 0 bridgehead atoms. The van der Waals surface area contributed by atoms with Gasteiger partial charge in [-0.1, -0.05) is 29.8 Å². The molecule has 10 heteroatoms. The van der Waals surface area contributed by atoms with E-state index >= 15 is 0 Å². The fraction of sp³-hybridized carbons (Fsp3) is 0.286. The van der Waals surface area contributed by atoms with E-state index in [4.69, 9.17) is 11.6 Å². The lowest BCUT2D eigenvalue weighted by atomic mass is 9.88. The van der Waals surface area contributed by atoms with Gasteiger partial charge in [-0.3, -0.25) is 14.6 Å². The predicted molar refractivity (Wildman–Crippen MR) is 111 cm³/mol. The number of nitrogens with one attached hydrogen (secondary N) is 1. The van der Waals surface area contributed by atoms with E-state index in [0.29, 0.717) is 46.5 Å². The lowest BCUT2D eigenvalue weighted by Gasteiger charge is -2.47. The molecule has 0 unspecified atom stereocenters. The minimum Gasteiger partial charge on any atom is -0.347 e. The fourth-order valence-corrected chi connectivity index (χ4v) is 5.74. The fourth-order valence-electron chi connectivity index (χ4n) is 4.22. The highest BCUT2D eigenvalue weighted by molar-refractivity contribution is 7.21. The zero-order chi connectivity index (χ0) is 22.0. The molecular formula is C21H15ClF3N3O2S. The van der Waals surface area contributed by atoms with Crippen LogP contribution in [0.25, 0.3) is 21.2 Å². The standard InChI is InChI=1S/C21H15ClF3N3O2S/c22-16-13-4-3-11(12-2-1-7-26-18(12)21(23,24)25)8-14(13)31-17(16)19(30)28-9-20(10-28)6-5-15(29)27-20/h1-4,7-8H,5-6,9-10H2,(H,27,29). The lowest BCUT2D eigenvalue weighted by Crippen LogP contribution is -2.68. The molecule has 0 radical (unpaired) electrons. The minimum absolute atomic E-state index is 0.00634. The highest BCUT2D eigenvalue weighted by Gasteiger charge is 2.49. The summed E-state index contributed by atoms with van der Waals surface area (Å²) in [4.78, 5) is 29.9. The summed E-state index contributed by atoms with van der Waals surface area (Å²) in [5.74, 6) is -0.245. The Kier molecular flexibility index (Phi) is 4.53. The van der Waals surface area contributed by atoms with Crippen LogP contribution in [0.4, 0.5) is 13.2 Å². The van der Waals surface area contributed by atoms with Crippen molar-refractivity contribution in [3.63, 3.8) is 0 Å². The van der Waals surface area contributed by atoms with Crippen LogP contribution >= 0.6 is 22.9 Å². The molecule has 1 aromatic carbocycles. The van der Waals surface area contributed by atoms with Crippen molar-refractivity contribution in [2.45, 2.75) is 24.6 Å². The highest BCUT2D eigenvalue weighted by atomic mass is 35.5. The number of benzene rings is 1. The molecule has 2 aliphatic rings. The second kappa shape index (κ2) is 6.93. The van der Waals surface area contributed by atoms with E-state index in [9.17, 15) is 22.8 Å². The second-order valence-electron chi connectivity index (χ2n) is 7.84. The maximum absolute atomic E-state index is 13.3. The molecule has 1 spiro atoms. The Morgan fingerprint density at radius 3 is 2.71 bits per heavy atom. The molecule has 2 amide bonds. The van der Waals surface area contributed by atoms with Crippen LogP contribution in [0, 0.1) is 0 Å². The van der Waals surface area contributed by atoms with Gasteiger partial charge in [-0.05, 0) is 24.1 Å². The Morgan fingerprint density at radius 2 is 2.03 bits per heavy atom. The van der Waals surface area contributed by atoms with Crippen molar-refractivity contribution >= 4 is 44.8 Å². The maximum Gasteiger partial charge on any atom is 0.433 e. The number of thiophene rings is 1. The number of hydrogen-bond donors (Lipinski definition) is 1. The minimum atomic E-state index is -4.58. The van der Waals surface area contributed by atoms with Gasteiger partial charge in [0.15, 0.2) is 5.69 Å². The monoisotopic (exact) mass is 465 g/mol. The van der Waals surface area contributed by atoms with E-state index in [-0.39, 0.29) is 27.9 Å². The highest BCUT2D eigenvalue weighted by Crippen LogP contribution is 2.42. The van der Waals surface area contributed by atoms with Crippen molar-refractivity contribution < 1.29 is 22.8 Å². The summed E-state index contributed by atoms with van der Waals surface area (Å²) in [6.07, 6.45) is -2.31. The van der Waals surface area contributed by atoms with E-state index in [2.05, 4.69) is 10.3 Å². The first-order valence-corrected chi connectivity index (χ1v) is 10.7. The number of likely N-dealkylation sites (tertiary alicyclic amines) is 1. The topological polar surface area (TPSA) is 62.3 Å². The number of carbonyl (C=O) groups excluding carboxylic acids is 2. The molecule has 31 heavy (non-hydrogen) atoms. The van der Waals surface area contributed by atoms with E-state index in [1.807, 2.05) is 0 Å². The van der Waals surface area contributed by atoms with E-state index in [0.717, 1.165) is 17.5 Å². The second-order valence-corrected chi connectivity index (χ2v) is 9.27. The average molecular weight is 466 g/mol. The molecule has 3 aromatic rings. The molecule has 4 heterocycles. The van der Waals surface area contributed by atoms with Crippen LogP contribution in [-0.2, 0) is 11.0 Å². The Morgan fingerprint density at radius 1 is 1.26 bits per heavy atom. The van der Waals surface area contributed by atoms with Crippen LogP contribution in [-0.4, -0.2) is 40.3 Å². The quantitative estimate of drug-likeness (QED) is 0.594. The maximum atomic E-state index is 13.3. The summed E-state index contributed by atoms with van der Waals surface area (Å²) in [5, 5.41) is 3.83. The zero-order valence-corrected chi connectivity index (χ0v) is 17.5. The number of fused-ring (bicyclic) bond motifs is 1. The first kappa shape index (κ1) is 20.3. The summed E-state index contributed by atoms with van der Waals surface area (Å²) in [7, 11) is 0. The first-order chi connectivity index (χ1) is 14.7. The van der Waals surface area contributed by atoms with Gasteiger partial charge in [-0.15, -0.1) is 11.3 Å².